The highest BCUT2D eigenvalue weighted by Gasteiger charge is 2.30. The number of hydrogen-bond donors (Lipinski definition) is 1. The van der Waals surface area contributed by atoms with Gasteiger partial charge in [-0.3, -0.25) is 13.9 Å². The maximum Gasteiger partial charge on any atom is 0.243 e. The van der Waals surface area contributed by atoms with Gasteiger partial charge in [0.2, 0.25) is 21.8 Å². The summed E-state index contributed by atoms with van der Waals surface area (Å²) in [4.78, 5) is 28.2. The molecule has 0 spiro atoms. The van der Waals surface area contributed by atoms with Gasteiger partial charge in [-0.2, -0.15) is 0 Å². The molecule has 0 aromatic heterocycles. The summed E-state index contributed by atoms with van der Waals surface area (Å²) in [5, 5.41) is 2.98. The highest BCUT2D eigenvalue weighted by Crippen LogP contribution is 2.21. The van der Waals surface area contributed by atoms with Crippen molar-refractivity contribution in [1.29, 1.82) is 0 Å². The minimum absolute atomic E-state index is 0.0993. The Hall–Kier alpha value is -3.07. The van der Waals surface area contributed by atoms with Crippen LogP contribution in [0.4, 0.5) is 5.69 Å². The number of hydrogen-bond acceptors (Lipinski definition) is 5. The van der Waals surface area contributed by atoms with Crippen molar-refractivity contribution < 1.29 is 22.7 Å². The Morgan fingerprint density at radius 1 is 1.06 bits per heavy atom. The SMILES string of the molecule is CCC(C(=O)NC(C)(C)C)N(Cc1cccc(OC)c1)C(=O)CCCN(c1ccccc1)S(C)(=O)=O. The predicted octanol–water partition coefficient (Wildman–Crippen LogP) is 3.96. The normalized spacial score (nSPS) is 12.5. The van der Waals surface area contributed by atoms with Crippen LogP contribution < -0.4 is 14.4 Å². The van der Waals surface area contributed by atoms with Gasteiger partial charge in [0.05, 0.1) is 19.1 Å². The Morgan fingerprint density at radius 2 is 1.72 bits per heavy atom. The average Bonchev–Trinajstić information content (AvgIpc) is 2.80. The van der Waals surface area contributed by atoms with Crippen LogP contribution in [0.2, 0.25) is 0 Å². The standard InChI is InChI=1S/C27H39N3O5S/c1-7-24(26(32)28-27(2,3)4)29(20-21-13-11-16-23(19-21)35-5)25(31)17-12-18-30(36(6,33)34)22-14-9-8-10-15-22/h8-11,13-16,19,24H,7,12,17-18,20H2,1-6H3,(H,28,32). The molecule has 2 aromatic rings. The second-order valence-electron chi connectivity index (χ2n) is 9.81. The van der Waals surface area contributed by atoms with Crippen molar-refractivity contribution in [3.63, 3.8) is 0 Å². The lowest BCUT2D eigenvalue weighted by Crippen LogP contribution is -2.53. The van der Waals surface area contributed by atoms with Crippen LogP contribution in [0.25, 0.3) is 0 Å². The van der Waals surface area contributed by atoms with E-state index in [1.165, 1.54) is 4.31 Å². The molecule has 1 N–H and O–H groups in total. The molecule has 9 heteroatoms. The highest BCUT2D eigenvalue weighted by molar-refractivity contribution is 7.92. The van der Waals surface area contributed by atoms with Crippen molar-refractivity contribution in [3.05, 3.63) is 60.2 Å². The molecular formula is C27H39N3O5S. The molecule has 198 valence electrons. The van der Waals surface area contributed by atoms with Crippen LogP contribution in [0.5, 0.6) is 5.75 Å². The van der Waals surface area contributed by atoms with Crippen LogP contribution in [0.15, 0.2) is 54.6 Å². The van der Waals surface area contributed by atoms with E-state index in [2.05, 4.69) is 5.32 Å². The number of benzene rings is 2. The number of nitrogens with zero attached hydrogens (tertiary/aromatic N) is 2. The van der Waals surface area contributed by atoms with Gasteiger partial charge in [0.1, 0.15) is 11.8 Å². The summed E-state index contributed by atoms with van der Waals surface area (Å²) < 4.78 is 31.4. The van der Waals surface area contributed by atoms with Crippen molar-refractivity contribution in [2.75, 3.05) is 24.2 Å². The van der Waals surface area contributed by atoms with E-state index in [0.29, 0.717) is 24.3 Å². The number of para-hydroxylation sites is 1. The molecule has 0 aliphatic carbocycles. The Kier molecular flexibility index (Phi) is 10.3. The molecule has 0 saturated heterocycles. The molecule has 0 radical (unpaired) electrons. The molecule has 0 fully saturated rings. The predicted molar refractivity (Wildman–Crippen MR) is 143 cm³/mol. The van der Waals surface area contributed by atoms with Crippen LogP contribution in [-0.2, 0) is 26.2 Å². The van der Waals surface area contributed by atoms with Gasteiger partial charge in [-0.25, -0.2) is 8.42 Å². The largest absolute Gasteiger partial charge is 0.497 e. The van der Waals surface area contributed by atoms with Gasteiger partial charge in [-0.05, 0) is 63.4 Å². The maximum absolute atomic E-state index is 13.5. The summed E-state index contributed by atoms with van der Waals surface area (Å²) in [7, 11) is -1.94. The second kappa shape index (κ2) is 12.8. The van der Waals surface area contributed by atoms with Crippen LogP contribution in [0.1, 0.15) is 52.5 Å². The fourth-order valence-corrected chi connectivity index (χ4v) is 4.90. The number of rotatable bonds is 12. The molecular weight excluding hydrogens is 478 g/mol. The summed E-state index contributed by atoms with van der Waals surface area (Å²) in [5.74, 6) is 0.234. The van der Waals surface area contributed by atoms with Crippen LogP contribution in [-0.4, -0.2) is 56.6 Å². The van der Waals surface area contributed by atoms with Crippen molar-refractivity contribution in [2.24, 2.45) is 0 Å². The van der Waals surface area contributed by atoms with Crippen LogP contribution in [0.3, 0.4) is 0 Å². The quantitative estimate of drug-likeness (QED) is 0.460. The summed E-state index contributed by atoms with van der Waals surface area (Å²) in [5.41, 5.74) is 0.948. The van der Waals surface area contributed by atoms with E-state index in [9.17, 15) is 18.0 Å². The maximum atomic E-state index is 13.5. The van der Waals surface area contributed by atoms with E-state index in [4.69, 9.17) is 4.74 Å². The molecule has 1 atom stereocenters. The molecule has 0 aliphatic heterocycles. The van der Waals surface area contributed by atoms with Gasteiger partial charge in [-0.1, -0.05) is 37.3 Å². The molecule has 0 aliphatic rings. The smallest absolute Gasteiger partial charge is 0.243 e. The highest BCUT2D eigenvalue weighted by atomic mass is 32.2. The Bertz CT molecular complexity index is 1110. The third-order valence-electron chi connectivity index (χ3n) is 5.57. The lowest BCUT2D eigenvalue weighted by molar-refractivity contribution is -0.142. The third-order valence-corrected chi connectivity index (χ3v) is 6.76. The monoisotopic (exact) mass is 517 g/mol. The molecule has 0 bridgehead atoms. The van der Waals surface area contributed by atoms with Gasteiger partial charge >= 0.3 is 0 Å². The zero-order valence-corrected chi connectivity index (χ0v) is 23.0. The summed E-state index contributed by atoms with van der Waals surface area (Å²) in [6, 6.07) is 15.5. The fourth-order valence-electron chi connectivity index (χ4n) is 3.94. The molecule has 2 amide bonds. The Balaban J connectivity index is 2.25. The lowest BCUT2D eigenvalue weighted by Gasteiger charge is -2.33. The summed E-state index contributed by atoms with van der Waals surface area (Å²) >= 11 is 0. The first-order valence-electron chi connectivity index (χ1n) is 12.1. The van der Waals surface area contributed by atoms with Gasteiger partial charge in [0.15, 0.2) is 0 Å². The summed E-state index contributed by atoms with van der Waals surface area (Å²) in [6.45, 7) is 7.96. The molecule has 2 aromatic carbocycles. The first-order chi connectivity index (χ1) is 16.9. The first-order valence-corrected chi connectivity index (χ1v) is 14.0. The van der Waals surface area contributed by atoms with Crippen LogP contribution in [0, 0.1) is 0 Å². The van der Waals surface area contributed by atoms with E-state index in [1.54, 1.807) is 36.3 Å². The lowest BCUT2D eigenvalue weighted by atomic mass is 10.0. The van der Waals surface area contributed by atoms with Gasteiger partial charge in [-0.15, -0.1) is 0 Å². The van der Waals surface area contributed by atoms with Crippen molar-refractivity contribution in [1.82, 2.24) is 10.2 Å². The van der Waals surface area contributed by atoms with E-state index >= 15 is 0 Å². The first kappa shape index (κ1) is 29.2. The number of carbonyl (C=O) groups excluding carboxylic acids is 2. The Labute approximate surface area is 215 Å². The van der Waals surface area contributed by atoms with E-state index in [1.807, 2.05) is 58.0 Å². The van der Waals surface area contributed by atoms with Crippen molar-refractivity contribution in [3.8, 4) is 5.75 Å². The Morgan fingerprint density at radius 3 is 2.28 bits per heavy atom. The number of amides is 2. The van der Waals surface area contributed by atoms with Crippen molar-refractivity contribution in [2.45, 2.75) is 65.1 Å². The molecule has 0 heterocycles. The van der Waals surface area contributed by atoms with Gasteiger partial charge in [0, 0.05) is 25.0 Å². The number of ether oxygens (including phenoxy) is 1. The number of methoxy groups -OCH3 is 1. The fraction of sp³-hybridized carbons (Fsp3) is 0.481. The second-order valence-corrected chi connectivity index (χ2v) is 11.7. The number of sulfonamides is 1. The number of carbonyl (C=O) groups is 2. The summed E-state index contributed by atoms with van der Waals surface area (Å²) in [6.07, 6.45) is 2.01. The third kappa shape index (κ3) is 8.86. The number of nitrogens with one attached hydrogen (secondary N) is 1. The molecule has 2 rings (SSSR count). The van der Waals surface area contributed by atoms with Crippen molar-refractivity contribution >= 4 is 27.5 Å². The molecule has 8 nitrogen and oxygen atoms in total. The molecule has 1 unspecified atom stereocenters. The zero-order valence-electron chi connectivity index (χ0n) is 22.2. The van der Waals surface area contributed by atoms with E-state index < -0.39 is 21.6 Å². The average molecular weight is 518 g/mol. The van der Waals surface area contributed by atoms with Gasteiger partial charge in [0.25, 0.3) is 0 Å². The van der Waals surface area contributed by atoms with E-state index in [0.717, 1.165) is 11.8 Å². The minimum Gasteiger partial charge on any atom is -0.497 e. The topological polar surface area (TPSA) is 96.0 Å². The minimum atomic E-state index is -3.52. The van der Waals surface area contributed by atoms with Crippen LogP contribution >= 0.6 is 0 Å². The number of anilines is 1. The van der Waals surface area contributed by atoms with Gasteiger partial charge < -0.3 is 15.0 Å². The zero-order chi connectivity index (χ0) is 26.9. The molecule has 36 heavy (non-hydrogen) atoms. The molecule has 0 saturated carbocycles. The van der Waals surface area contributed by atoms with E-state index in [-0.39, 0.29) is 31.3 Å².